The standard InChI is InChI=1S/C14H17N3O2/c18-13-5-6-15-7-10(13)14(19)8-17-9-16-11-3-1-2-4-12(11)17/h1-4,9-10,14-15,19H,5-8H2/t10-,14+/m1/s1. The second-order valence-electron chi connectivity index (χ2n) is 4.98. The van der Waals surface area contributed by atoms with Crippen LogP contribution in [0.5, 0.6) is 0 Å². The second kappa shape index (κ2) is 5.11. The molecule has 0 bridgehead atoms. The van der Waals surface area contributed by atoms with Crippen LogP contribution in [-0.2, 0) is 11.3 Å². The SMILES string of the molecule is O=C1CCNC[C@H]1[C@@H](O)Cn1cnc2ccccc21. The minimum atomic E-state index is -0.669. The molecule has 2 atom stereocenters. The van der Waals surface area contributed by atoms with Gasteiger partial charge in [0.25, 0.3) is 0 Å². The molecule has 5 nitrogen and oxygen atoms in total. The van der Waals surface area contributed by atoms with Crippen LogP contribution < -0.4 is 5.32 Å². The first-order valence-electron chi connectivity index (χ1n) is 6.57. The number of hydrogen-bond donors (Lipinski definition) is 2. The molecule has 3 rings (SSSR count). The van der Waals surface area contributed by atoms with E-state index in [0.29, 0.717) is 19.5 Å². The minimum Gasteiger partial charge on any atom is -0.390 e. The third-order valence-corrected chi connectivity index (χ3v) is 3.70. The summed E-state index contributed by atoms with van der Waals surface area (Å²) in [5.41, 5.74) is 1.89. The molecule has 1 aliphatic rings. The smallest absolute Gasteiger partial charge is 0.141 e. The monoisotopic (exact) mass is 259 g/mol. The molecule has 0 aliphatic carbocycles. The molecule has 0 radical (unpaired) electrons. The van der Waals surface area contributed by atoms with Crippen LogP contribution in [0.2, 0.25) is 0 Å². The van der Waals surface area contributed by atoms with Crippen molar-refractivity contribution in [3.63, 3.8) is 0 Å². The highest BCUT2D eigenvalue weighted by Gasteiger charge is 2.29. The molecule has 0 unspecified atom stereocenters. The number of nitrogens with zero attached hydrogens (tertiary/aromatic N) is 2. The summed E-state index contributed by atoms with van der Waals surface area (Å²) < 4.78 is 1.90. The lowest BCUT2D eigenvalue weighted by Gasteiger charge is -2.26. The molecular formula is C14H17N3O2. The van der Waals surface area contributed by atoms with Crippen LogP contribution in [0.3, 0.4) is 0 Å². The molecule has 5 heteroatoms. The number of aliphatic hydroxyl groups excluding tert-OH is 1. The zero-order chi connectivity index (χ0) is 13.2. The van der Waals surface area contributed by atoms with Gasteiger partial charge in [-0.15, -0.1) is 0 Å². The number of benzene rings is 1. The number of aliphatic hydroxyl groups is 1. The van der Waals surface area contributed by atoms with Gasteiger partial charge in [0.2, 0.25) is 0 Å². The molecule has 0 spiro atoms. The number of ketones is 1. The Labute approximate surface area is 111 Å². The molecule has 1 aliphatic heterocycles. The summed E-state index contributed by atoms with van der Waals surface area (Å²) in [5, 5.41) is 13.4. The fourth-order valence-corrected chi connectivity index (χ4v) is 2.60. The van der Waals surface area contributed by atoms with E-state index in [9.17, 15) is 9.90 Å². The van der Waals surface area contributed by atoms with Crippen molar-refractivity contribution in [1.82, 2.24) is 14.9 Å². The van der Waals surface area contributed by atoms with Crippen LogP contribution in [0, 0.1) is 5.92 Å². The number of carbonyl (C=O) groups is 1. The molecule has 2 aromatic rings. The maximum Gasteiger partial charge on any atom is 0.141 e. The van der Waals surface area contributed by atoms with Gasteiger partial charge < -0.3 is 15.0 Å². The van der Waals surface area contributed by atoms with E-state index in [2.05, 4.69) is 10.3 Å². The molecule has 0 saturated carbocycles. The summed E-state index contributed by atoms with van der Waals surface area (Å²) in [6.07, 6.45) is 1.55. The molecule has 19 heavy (non-hydrogen) atoms. The molecule has 1 aromatic heterocycles. The lowest BCUT2D eigenvalue weighted by atomic mass is 9.92. The van der Waals surface area contributed by atoms with Crippen LogP contribution in [0.15, 0.2) is 30.6 Å². The molecule has 0 amide bonds. The molecule has 1 aromatic carbocycles. The maximum atomic E-state index is 11.8. The number of hydrogen-bond acceptors (Lipinski definition) is 4. The van der Waals surface area contributed by atoms with Crippen molar-refractivity contribution in [2.45, 2.75) is 19.1 Å². The van der Waals surface area contributed by atoms with E-state index in [0.717, 1.165) is 17.6 Å². The van der Waals surface area contributed by atoms with Gasteiger partial charge in [0, 0.05) is 19.5 Å². The lowest BCUT2D eigenvalue weighted by molar-refractivity contribution is -0.127. The lowest BCUT2D eigenvalue weighted by Crippen LogP contribution is -2.44. The average Bonchev–Trinajstić information content (AvgIpc) is 2.83. The number of Topliss-reactive ketones (excluding diaryl/α,β-unsaturated/α-hetero) is 1. The number of para-hydroxylation sites is 2. The van der Waals surface area contributed by atoms with Crippen molar-refractivity contribution in [2.24, 2.45) is 5.92 Å². The summed E-state index contributed by atoms with van der Waals surface area (Å²) >= 11 is 0. The van der Waals surface area contributed by atoms with E-state index >= 15 is 0 Å². The van der Waals surface area contributed by atoms with E-state index < -0.39 is 6.10 Å². The van der Waals surface area contributed by atoms with Gasteiger partial charge in [-0.3, -0.25) is 4.79 Å². The summed E-state index contributed by atoms with van der Waals surface area (Å²) in [6, 6.07) is 7.78. The van der Waals surface area contributed by atoms with E-state index in [4.69, 9.17) is 0 Å². The van der Waals surface area contributed by atoms with Gasteiger partial charge in [0.1, 0.15) is 5.78 Å². The fraction of sp³-hybridized carbons (Fsp3) is 0.429. The van der Waals surface area contributed by atoms with E-state index in [1.165, 1.54) is 0 Å². The van der Waals surface area contributed by atoms with Gasteiger partial charge in [-0.1, -0.05) is 12.1 Å². The van der Waals surface area contributed by atoms with Crippen LogP contribution in [0.4, 0.5) is 0 Å². The third-order valence-electron chi connectivity index (χ3n) is 3.70. The normalized spacial score (nSPS) is 21.7. The van der Waals surface area contributed by atoms with Crippen molar-refractivity contribution in [3.8, 4) is 0 Å². The predicted molar refractivity (Wildman–Crippen MR) is 71.7 cm³/mol. The van der Waals surface area contributed by atoms with Crippen molar-refractivity contribution >= 4 is 16.8 Å². The van der Waals surface area contributed by atoms with Gasteiger partial charge in [-0.2, -0.15) is 0 Å². The van der Waals surface area contributed by atoms with Crippen molar-refractivity contribution in [1.29, 1.82) is 0 Å². The Morgan fingerprint density at radius 2 is 2.32 bits per heavy atom. The van der Waals surface area contributed by atoms with E-state index in [1.807, 2.05) is 28.8 Å². The van der Waals surface area contributed by atoms with Gasteiger partial charge in [0.05, 0.1) is 35.9 Å². The highest BCUT2D eigenvalue weighted by Crippen LogP contribution is 2.16. The molecule has 2 heterocycles. The number of rotatable bonds is 3. The van der Waals surface area contributed by atoms with E-state index in [1.54, 1.807) is 6.33 Å². The zero-order valence-corrected chi connectivity index (χ0v) is 10.6. The van der Waals surface area contributed by atoms with Gasteiger partial charge >= 0.3 is 0 Å². The van der Waals surface area contributed by atoms with E-state index in [-0.39, 0.29) is 11.7 Å². The summed E-state index contributed by atoms with van der Waals surface area (Å²) in [7, 11) is 0. The number of piperidine rings is 1. The fourth-order valence-electron chi connectivity index (χ4n) is 2.60. The number of fused-ring (bicyclic) bond motifs is 1. The molecule has 1 saturated heterocycles. The Morgan fingerprint density at radius 1 is 1.47 bits per heavy atom. The highest BCUT2D eigenvalue weighted by molar-refractivity contribution is 5.82. The van der Waals surface area contributed by atoms with Crippen LogP contribution in [-0.4, -0.2) is 39.6 Å². The number of nitrogens with one attached hydrogen (secondary N) is 1. The van der Waals surface area contributed by atoms with Crippen molar-refractivity contribution in [2.75, 3.05) is 13.1 Å². The Morgan fingerprint density at radius 3 is 3.16 bits per heavy atom. The largest absolute Gasteiger partial charge is 0.390 e. The quantitative estimate of drug-likeness (QED) is 0.846. The third kappa shape index (κ3) is 2.39. The first kappa shape index (κ1) is 12.3. The summed E-state index contributed by atoms with van der Waals surface area (Å²) in [6.45, 7) is 1.68. The number of aromatic nitrogens is 2. The Balaban J connectivity index is 1.78. The van der Waals surface area contributed by atoms with Crippen LogP contribution in [0.25, 0.3) is 11.0 Å². The number of carbonyl (C=O) groups excluding carboxylic acids is 1. The van der Waals surface area contributed by atoms with Gasteiger partial charge in [0.15, 0.2) is 0 Å². The summed E-state index contributed by atoms with van der Waals surface area (Å²) in [5.74, 6) is -0.161. The topological polar surface area (TPSA) is 67.2 Å². The second-order valence-corrected chi connectivity index (χ2v) is 4.98. The first-order valence-corrected chi connectivity index (χ1v) is 6.57. The predicted octanol–water partition coefficient (Wildman–Crippen LogP) is 0.576. The zero-order valence-electron chi connectivity index (χ0n) is 10.6. The van der Waals surface area contributed by atoms with Crippen molar-refractivity contribution in [3.05, 3.63) is 30.6 Å². The number of imidazole rings is 1. The Kier molecular flexibility index (Phi) is 3.31. The Hall–Kier alpha value is -1.72. The Bertz CT molecular complexity index is 593. The molecular weight excluding hydrogens is 242 g/mol. The van der Waals surface area contributed by atoms with Crippen LogP contribution >= 0.6 is 0 Å². The van der Waals surface area contributed by atoms with Crippen LogP contribution in [0.1, 0.15) is 6.42 Å². The van der Waals surface area contributed by atoms with Gasteiger partial charge in [-0.25, -0.2) is 4.98 Å². The molecule has 100 valence electrons. The molecule has 2 N–H and O–H groups in total. The maximum absolute atomic E-state index is 11.8. The van der Waals surface area contributed by atoms with Gasteiger partial charge in [-0.05, 0) is 12.1 Å². The first-order chi connectivity index (χ1) is 9.25. The molecule has 1 fully saturated rings. The highest BCUT2D eigenvalue weighted by atomic mass is 16.3. The van der Waals surface area contributed by atoms with Crippen molar-refractivity contribution < 1.29 is 9.90 Å². The summed E-state index contributed by atoms with van der Waals surface area (Å²) in [4.78, 5) is 16.1. The average molecular weight is 259 g/mol. The minimum absolute atomic E-state index is 0.149.